The normalized spacial score (nSPS) is 23.5. The highest BCUT2D eigenvalue weighted by molar-refractivity contribution is 8.26. The third-order valence-corrected chi connectivity index (χ3v) is 7.73. The minimum absolute atomic E-state index is 0.0173. The van der Waals surface area contributed by atoms with E-state index in [-0.39, 0.29) is 17.6 Å². The molecule has 33 heavy (non-hydrogen) atoms. The van der Waals surface area contributed by atoms with Crippen molar-refractivity contribution in [3.8, 4) is 0 Å². The van der Waals surface area contributed by atoms with Crippen LogP contribution >= 0.6 is 24.0 Å². The molecule has 5 rings (SSSR count). The summed E-state index contributed by atoms with van der Waals surface area (Å²) in [7, 11) is 2.09. The van der Waals surface area contributed by atoms with Gasteiger partial charge in [-0.05, 0) is 44.5 Å². The molecule has 0 radical (unpaired) electrons. The van der Waals surface area contributed by atoms with Gasteiger partial charge in [0.05, 0.1) is 23.1 Å². The zero-order valence-electron chi connectivity index (χ0n) is 18.8. The minimum Gasteiger partial charge on any atom is -0.376 e. The lowest BCUT2D eigenvalue weighted by Gasteiger charge is -2.34. The van der Waals surface area contributed by atoms with Gasteiger partial charge in [-0.3, -0.25) is 18.9 Å². The molecule has 0 spiro atoms. The van der Waals surface area contributed by atoms with Crippen molar-refractivity contribution in [2.45, 2.75) is 25.9 Å². The van der Waals surface area contributed by atoms with E-state index in [1.54, 1.807) is 21.6 Å². The number of thioether (sulfide) groups is 1. The van der Waals surface area contributed by atoms with Crippen LogP contribution in [0.3, 0.4) is 0 Å². The number of hydrogen-bond acceptors (Lipinski definition) is 8. The molecule has 5 heterocycles. The number of ether oxygens (including phenoxy) is 1. The van der Waals surface area contributed by atoms with Gasteiger partial charge in [-0.25, -0.2) is 4.98 Å². The topological polar surface area (TPSA) is 70.4 Å². The van der Waals surface area contributed by atoms with Crippen molar-refractivity contribution in [3.05, 3.63) is 44.7 Å². The third-order valence-electron chi connectivity index (χ3n) is 6.35. The number of nitrogens with zero attached hydrogens (tertiary/aromatic N) is 5. The fraction of sp³-hybridized carbons (Fsp3) is 0.478. The van der Waals surface area contributed by atoms with Crippen molar-refractivity contribution >= 4 is 51.7 Å². The summed E-state index contributed by atoms with van der Waals surface area (Å²) in [6, 6.07) is 3.81. The number of likely N-dealkylation sites (N-methyl/N-ethyl adjacent to an activating group) is 1. The van der Waals surface area contributed by atoms with Crippen LogP contribution in [0.1, 0.15) is 24.0 Å². The number of carbonyl (C=O) groups excluding carboxylic acids is 1. The number of aromatic nitrogens is 2. The Bertz CT molecular complexity index is 1200. The number of carbonyl (C=O) groups is 1. The van der Waals surface area contributed by atoms with Crippen molar-refractivity contribution < 1.29 is 9.53 Å². The molecule has 0 aromatic carbocycles. The Morgan fingerprint density at radius 2 is 2.03 bits per heavy atom. The monoisotopic (exact) mass is 485 g/mol. The molecule has 3 aliphatic rings. The summed E-state index contributed by atoms with van der Waals surface area (Å²) in [5, 5.41) is 0. The summed E-state index contributed by atoms with van der Waals surface area (Å²) in [5.41, 5.74) is 1.82. The fourth-order valence-electron chi connectivity index (χ4n) is 4.41. The van der Waals surface area contributed by atoms with Gasteiger partial charge in [-0.15, -0.1) is 0 Å². The Labute approximate surface area is 202 Å². The van der Waals surface area contributed by atoms with Gasteiger partial charge in [0.1, 0.15) is 15.8 Å². The largest absolute Gasteiger partial charge is 0.376 e. The third kappa shape index (κ3) is 4.44. The molecule has 1 atom stereocenters. The predicted octanol–water partition coefficient (Wildman–Crippen LogP) is 2.13. The molecule has 0 aliphatic carbocycles. The molecule has 8 nitrogen and oxygen atoms in total. The number of aryl methyl sites for hydroxylation is 1. The molecule has 0 saturated carbocycles. The van der Waals surface area contributed by atoms with Crippen LogP contribution in [0.4, 0.5) is 5.82 Å². The molecule has 0 bridgehead atoms. The Balaban J connectivity index is 1.56. The van der Waals surface area contributed by atoms with Gasteiger partial charge in [-0.2, -0.15) is 0 Å². The van der Waals surface area contributed by atoms with Gasteiger partial charge in [0.25, 0.3) is 11.5 Å². The van der Waals surface area contributed by atoms with E-state index < -0.39 is 0 Å². The van der Waals surface area contributed by atoms with Gasteiger partial charge in [0.15, 0.2) is 0 Å². The van der Waals surface area contributed by atoms with Crippen LogP contribution < -0.4 is 10.5 Å². The molecule has 174 valence electrons. The van der Waals surface area contributed by atoms with Crippen LogP contribution in [0.5, 0.6) is 0 Å². The summed E-state index contributed by atoms with van der Waals surface area (Å²) in [5.74, 6) is 0.458. The van der Waals surface area contributed by atoms with E-state index in [2.05, 4.69) is 16.8 Å². The molecule has 1 unspecified atom stereocenters. The molecule has 1 amide bonds. The number of piperazine rings is 1. The van der Waals surface area contributed by atoms with Crippen LogP contribution in [-0.4, -0.2) is 81.9 Å². The van der Waals surface area contributed by atoms with Crippen LogP contribution in [0.2, 0.25) is 0 Å². The first-order chi connectivity index (χ1) is 15.9. The highest BCUT2D eigenvalue weighted by Crippen LogP contribution is 2.34. The number of fused-ring (bicyclic) bond motifs is 1. The van der Waals surface area contributed by atoms with E-state index in [0.29, 0.717) is 32.8 Å². The smallest absolute Gasteiger partial charge is 0.267 e. The second-order valence-electron chi connectivity index (χ2n) is 8.81. The Morgan fingerprint density at radius 1 is 1.24 bits per heavy atom. The summed E-state index contributed by atoms with van der Waals surface area (Å²) in [6.07, 6.45) is 5.43. The first-order valence-corrected chi connectivity index (χ1v) is 12.5. The van der Waals surface area contributed by atoms with Gasteiger partial charge < -0.3 is 14.5 Å². The number of rotatable bonds is 4. The molecule has 10 heteroatoms. The average Bonchev–Trinajstić information content (AvgIpc) is 3.41. The quantitative estimate of drug-likeness (QED) is 0.482. The summed E-state index contributed by atoms with van der Waals surface area (Å²) < 4.78 is 7.76. The van der Waals surface area contributed by atoms with Crippen molar-refractivity contribution in [3.63, 3.8) is 0 Å². The van der Waals surface area contributed by atoms with Gasteiger partial charge in [-0.1, -0.05) is 30.0 Å². The lowest BCUT2D eigenvalue weighted by atomic mass is 10.2. The van der Waals surface area contributed by atoms with Crippen LogP contribution in [0, 0.1) is 6.92 Å². The second kappa shape index (κ2) is 9.17. The summed E-state index contributed by atoms with van der Waals surface area (Å²) in [4.78, 5) is 38.1. The maximum atomic E-state index is 13.6. The molecule has 2 aromatic heterocycles. The first-order valence-electron chi connectivity index (χ1n) is 11.2. The zero-order chi connectivity index (χ0) is 23.1. The Hall–Kier alpha value is -2.27. The molecular weight excluding hydrogens is 458 g/mol. The number of thiocarbonyl (C=S) groups is 1. The zero-order valence-corrected chi connectivity index (χ0v) is 20.5. The van der Waals surface area contributed by atoms with Crippen LogP contribution in [-0.2, 0) is 9.53 Å². The van der Waals surface area contributed by atoms with E-state index in [0.717, 1.165) is 51.2 Å². The van der Waals surface area contributed by atoms with Crippen LogP contribution in [0.25, 0.3) is 11.7 Å². The number of hydrogen-bond donors (Lipinski definition) is 0. The molecule has 2 aromatic rings. The summed E-state index contributed by atoms with van der Waals surface area (Å²) >= 11 is 6.74. The van der Waals surface area contributed by atoms with Gasteiger partial charge in [0.2, 0.25) is 0 Å². The SMILES string of the molecule is Cc1ccc2nc(N3CCN(C)CC3)c(C=C3SC(=S)N(CC4CCCO4)C3=O)c(=O)n2c1. The predicted molar refractivity (Wildman–Crippen MR) is 135 cm³/mol. The summed E-state index contributed by atoms with van der Waals surface area (Å²) in [6.45, 7) is 6.44. The van der Waals surface area contributed by atoms with Crippen molar-refractivity contribution in [2.24, 2.45) is 0 Å². The van der Waals surface area contributed by atoms with Crippen molar-refractivity contribution in [1.29, 1.82) is 0 Å². The van der Waals surface area contributed by atoms with Crippen molar-refractivity contribution in [2.75, 3.05) is 51.3 Å². The molecule has 0 N–H and O–H groups in total. The minimum atomic E-state index is -0.179. The molecule has 3 fully saturated rings. The standard InChI is InChI=1S/C23H27N5O3S2/c1-15-5-6-19-24-20(26-9-7-25(2)8-10-26)17(21(29)27(19)13-15)12-18-22(30)28(23(32)33-18)14-16-4-3-11-31-16/h5-6,12-13,16H,3-4,7-11,14H2,1-2H3. The second-order valence-corrected chi connectivity index (χ2v) is 10.5. The Kier molecular flexibility index (Phi) is 6.26. The number of amides is 1. The molecule has 3 aliphatic heterocycles. The van der Waals surface area contributed by atoms with E-state index in [1.165, 1.54) is 11.8 Å². The highest BCUT2D eigenvalue weighted by Gasteiger charge is 2.35. The maximum Gasteiger partial charge on any atom is 0.267 e. The fourth-order valence-corrected chi connectivity index (χ4v) is 5.67. The average molecular weight is 486 g/mol. The molecular formula is C23H27N5O3S2. The van der Waals surface area contributed by atoms with Gasteiger partial charge >= 0.3 is 0 Å². The maximum absolute atomic E-state index is 13.6. The first kappa shape index (κ1) is 22.5. The highest BCUT2D eigenvalue weighted by atomic mass is 32.2. The molecule has 3 saturated heterocycles. The lowest BCUT2D eigenvalue weighted by molar-refractivity contribution is -0.123. The van der Waals surface area contributed by atoms with E-state index in [4.69, 9.17) is 21.9 Å². The van der Waals surface area contributed by atoms with Gasteiger partial charge in [0, 0.05) is 39.0 Å². The van der Waals surface area contributed by atoms with Crippen LogP contribution in [0.15, 0.2) is 28.0 Å². The number of anilines is 1. The van der Waals surface area contributed by atoms with E-state index in [9.17, 15) is 9.59 Å². The Morgan fingerprint density at radius 3 is 2.76 bits per heavy atom. The van der Waals surface area contributed by atoms with E-state index in [1.807, 2.05) is 19.1 Å². The lowest BCUT2D eigenvalue weighted by Crippen LogP contribution is -2.45. The van der Waals surface area contributed by atoms with E-state index >= 15 is 0 Å². The van der Waals surface area contributed by atoms with Crippen molar-refractivity contribution in [1.82, 2.24) is 19.2 Å². The number of pyridine rings is 1.